The summed E-state index contributed by atoms with van der Waals surface area (Å²) in [6.07, 6.45) is 2.46. The average molecular weight is 410 g/mol. The molecule has 0 fully saturated rings. The van der Waals surface area contributed by atoms with E-state index < -0.39 is 22.5 Å². The number of hydrazine groups is 1. The number of ether oxygens (including phenoxy) is 2. The molecule has 3 rings (SSSR count). The fourth-order valence-corrected chi connectivity index (χ4v) is 2.26. The number of aromatic nitrogens is 3. The molecule has 0 aliphatic heterocycles. The number of nitrogens with zero attached hydrogens (tertiary/aromatic N) is 4. The molecule has 2 heterocycles. The number of pyridine rings is 1. The van der Waals surface area contributed by atoms with Gasteiger partial charge in [-0.05, 0) is 36.4 Å². The highest BCUT2D eigenvalue weighted by atomic mass is 16.6. The molecule has 2 N–H and O–H groups in total. The summed E-state index contributed by atoms with van der Waals surface area (Å²) in [6, 6.07) is 10.4. The van der Waals surface area contributed by atoms with Gasteiger partial charge in [0, 0.05) is 6.20 Å². The average Bonchev–Trinajstić information content (AvgIpc) is 2.77. The van der Waals surface area contributed by atoms with Gasteiger partial charge in [-0.1, -0.05) is 6.07 Å². The lowest BCUT2D eigenvalue weighted by molar-refractivity contribution is -0.385. The first-order valence-corrected chi connectivity index (χ1v) is 8.32. The first-order chi connectivity index (χ1) is 14.5. The Morgan fingerprint density at radius 3 is 2.47 bits per heavy atom. The molecule has 12 heteroatoms. The molecular formula is C18H14N6O6. The summed E-state index contributed by atoms with van der Waals surface area (Å²) in [5.41, 5.74) is 4.43. The maximum absolute atomic E-state index is 12.1. The number of benzene rings is 1. The van der Waals surface area contributed by atoms with Crippen LogP contribution in [0.3, 0.4) is 0 Å². The van der Waals surface area contributed by atoms with Crippen molar-refractivity contribution >= 4 is 23.4 Å². The van der Waals surface area contributed by atoms with Gasteiger partial charge in [-0.25, -0.2) is 9.78 Å². The topological polar surface area (TPSA) is 158 Å². The Labute approximate surface area is 169 Å². The van der Waals surface area contributed by atoms with Crippen LogP contribution >= 0.6 is 0 Å². The van der Waals surface area contributed by atoms with Gasteiger partial charge >= 0.3 is 17.5 Å². The zero-order valence-corrected chi connectivity index (χ0v) is 15.4. The molecule has 0 saturated heterocycles. The van der Waals surface area contributed by atoms with Crippen molar-refractivity contribution in [1.29, 1.82) is 0 Å². The number of carbonyl (C=O) groups is 2. The van der Waals surface area contributed by atoms with Gasteiger partial charge in [0.05, 0.1) is 17.6 Å². The minimum absolute atomic E-state index is 0.101. The number of nitro groups is 1. The van der Waals surface area contributed by atoms with Crippen molar-refractivity contribution < 1.29 is 24.0 Å². The van der Waals surface area contributed by atoms with E-state index in [0.29, 0.717) is 0 Å². The number of anilines is 1. The Hall–Kier alpha value is -4.61. The normalized spacial score (nSPS) is 10.0. The van der Waals surface area contributed by atoms with E-state index in [1.807, 2.05) is 0 Å². The molecule has 0 spiro atoms. The van der Waals surface area contributed by atoms with Crippen molar-refractivity contribution in [2.24, 2.45) is 0 Å². The number of nitrogens with one attached hydrogen (secondary N) is 2. The quantitative estimate of drug-likeness (QED) is 0.335. The Morgan fingerprint density at radius 2 is 1.83 bits per heavy atom. The molecule has 0 aliphatic rings. The lowest BCUT2D eigenvalue weighted by Crippen LogP contribution is -2.30. The van der Waals surface area contributed by atoms with E-state index in [1.54, 1.807) is 12.1 Å². The first kappa shape index (κ1) is 20.1. The van der Waals surface area contributed by atoms with Crippen LogP contribution in [0.1, 0.15) is 20.8 Å². The molecule has 3 aromatic rings. The minimum Gasteiger partial charge on any atom is -0.465 e. The van der Waals surface area contributed by atoms with Gasteiger partial charge in [0.1, 0.15) is 17.8 Å². The highest BCUT2D eigenvalue weighted by Gasteiger charge is 2.25. The predicted octanol–water partition coefficient (Wildman–Crippen LogP) is 2.12. The summed E-state index contributed by atoms with van der Waals surface area (Å²) in [5.74, 6) is -1.63. The smallest absolute Gasteiger partial charge is 0.374 e. The molecule has 0 unspecified atom stereocenters. The molecule has 0 saturated carbocycles. The SMILES string of the molecule is COC(=O)c1ccc(Oc2ncnc(NNC(=O)c3ccccn3)c2[N+](=O)[O-])cc1. The second-order valence-corrected chi connectivity index (χ2v) is 5.55. The van der Waals surface area contributed by atoms with Gasteiger partial charge in [-0.3, -0.25) is 30.7 Å². The van der Waals surface area contributed by atoms with E-state index in [2.05, 4.69) is 30.5 Å². The number of methoxy groups -OCH3 is 1. The summed E-state index contributed by atoms with van der Waals surface area (Å²) in [6.45, 7) is 0. The number of hydrogen-bond acceptors (Lipinski definition) is 10. The Bertz CT molecular complexity index is 1070. The highest BCUT2D eigenvalue weighted by Crippen LogP contribution is 2.33. The maximum Gasteiger partial charge on any atom is 0.374 e. The standard InChI is InChI=1S/C18H14N6O6/c1-29-18(26)11-5-7-12(8-6-11)30-17-14(24(27)28)15(20-10-21-17)22-23-16(25)13-4-2-3-9-19-13/h2-10H,1H3,(H,23,25)(H,20,21,22). The van der Waals surface area contributed by atoms with Crippen LogP contribution in [-0.4, -0.2) is 38.9 Å². The monoisotopic (exact) mass is 410 g/mol. The third-order valence-electron chi connectivity index (χ3n) is 3.65. The second-order valence-electron chi connectivity index (χ2n) is 5.55. The van der Waals surface area contributed by atoms with Gasteiger partial charge in [-0.15, -0.1) is 0 Å². The van der Waals surface area contributed by atoms with Crippen LogP contribution in [0.15, 0.2) is 55.0 Å². The minimum atomic E-state index is -0.757. The predicted molar refractivity (Wildman–Crippen MR) is 102 cm³/mol. The number of amides is 1. The number of esters is 1. The molecule has 1 amide bonds. The summed E-state index contributed by atoms with van der Waals surface area (Å²) in [4.78, 5) is 45.8. The van der Waals surface area contributed by atoms with Crippen LogP contribution in [0.4, 0.5) is 11.5 Å². The zero-order chi connectivity index (χ0) is 21.5. The number of hydrogen-bond donors (Lipinski definition) is 2. The zero-order valence-electron chi connectivity index (χ0n) is 15.4. The van der Waals surface area contributed by atoms with E-state index >= 15 is 0 Å². The molecule has 2 aromatic heterocycles. The van der Waals surface area contributed by atoms with Crippen molar-refractivity contribution in [3.63, 3.8) is 0 Å². The van der Waals surface area contributed by atoms with Crippen molar-refractivity contribution in [2.45, 2.75) is 0 Å². The number of carbonyl (C=O) groups excluding carboxylic acids is 2. The molecular weight excluding hydrogens is 396 g/mol. The summed E-state index contributed by atoms with van der Waals surface area (Å²) < 4.78 is 10.1. The van der Waals surface area contributed by atoms with Crippen LogP contribution in [0.25, 0.3) is 0 Å². The van der Waals surface area contributed by atoms with E-state index in [1.165, 1.54) is 43.6 Å². The van der Waals surface area contributed by atoms with Gasteiger partial charge in [-0.2, -0.15) is 4.98 Å². The summed E-state index contributed by atoms with van der Waals surface area (Å²) in [5, 5.41) is 11.5. The Balaban J connectivity index is 1.80. The fourth-order valence-electron chi connectivity index (χ4n) is 2.26. The molecule has 0 aliphatic carbocycles. The van der Waals surface area contributed by atoms with Crippen LogP contribution in [-0.2, 0) is 4.74 Å². The van der Waals surface area contributed by atoms with Gasteiger partial charge in [0.15, 0.2) is 0 Å². The van der Waals surface area contributed by atoms with Crippen molar-refractivity contribution in [2.75, 3.05) is 12.5 Å². The molecule has 0 atom stereocenters. The van der Waals surface area contributed by atoms with Crippen molar-refractivity contribution in [1.82, 2.24) is 20.4 Å². The molecule has 1 aromatic carbocycles. The first-order valence-electron chi connectivity index (χ1n) is 8.32. The lowest BCUT2D eigenvalue weighted by atomic mass is 10.2. The van der Waals surface area contributed by atoms with Crippen LogP contribution in [0.2, 0.25) is 0 Å². The Morgan fingerprint density at radius 1 is 1.07 bits per heavy atom. The van der Waals surface area contributed by atoms with Crippen LogP contribution in [0, 0.1) is 10.1 Å². The third kappa shape index (κ3) is 4.62. The maximum atomic E-state index is 12.1. The number of rotatable bonds is 7. The molecule has 30 heavy (non-hydrogen) atoms. The van der Waals surface area contributed by atoms with Gasteiger partial charge in [0.2, 0.25) is 5.82 Å². The van der Waals surface area contributed by atoms with Gasteiger partial charge in [0.25, 0.3) is 5.91 Å². The molecule has 12 nitrogen and oxygen atoms in total. The van der Waals surface area contributed by atoms with Crippen molar-refractivity contribution in [3.8, 4) is 11.6 Å². The summed E-state index contributed by atoms with van der Waals surface area (Å²) in [7, 11) is 1.25. The van der Waals surface area contributed by atoms with E-state index in [-0.39, 0.29) is 28.7 Å². The Kier molecular flexibility index (Phi) is 6.08. The lowest BCUT2D eigenvalue weighted by Gasteiger charge is -2.10. The molecule has 152 valence electrons. The molecule has 0 bridgehead atoms. The fraction of sp³-hybridized carbons (Fsp3) is 0.0556. The highest BCUT2D eigenvalue weighted by molar-refractivity contribution is 5.93. The van der Waals surface area contributed by atoms with Crippen LogP contribution in [0.5, 0.6) is 11.6 Å². The van der Waals surface area contributed by atoms with Crippen LogP contribution < -0.4 is 15.6 Å². The van der Waals surface area contributed by atoms with E-state index in [9.17, 15) is 19.7 Å². The second kappa shape index (κ2) is 9.05. The third-order valence-corrected chi connectivity index (χ3v) is 3.65. The largest absolute Gasteiger partial charge is 0.465 e. The molecule has 0 radical (unpaired) electrons. The van der Waals surface area contributed by atoms with Gasteiger partial charge < -0.3 is 9.47 Å². The summed E-state index contributed by atoms with van der Waals surface area (Å²) >= 11 is 0. The van der Waals surface area contributed by atoms with Crippen molar-refractivity contribution in [3.05, 3.63) is 76.4 Å². The van der Waals surface area contributed by atoms with E-state index in [0.717, 1.165) is 6.33 Å². The van der Waals surface area contributed by atoms with E-state index in [4.69, 9.17) is 4.74 Å².